The number of benzene rings is 2. The first-order valence-corrected chi connectivity index (χ1v) is 11.0. The molecule has 0 radical (unpaired) electrons. The number of piperidine rings is 1. The maximum Gasteiger partial charge on any atom is 0.203 e. The maximum atomic E-state index is 13.5. The van der Waals surface area contributed by atoms with Gasteiger partial charge in [-0.05, 0) is 73.0 Å². The van der Waals surface area contributed by atoms with Crippen LogP contribution in [0.25, 0.3) is 12.2 Å². The second-order valence-corrected chi connectivity index (χ2v) is 8.10. The van der Waals surface area contributed by atoms with Crippen molar-refractivity contribution in [1.29, 1.82) is 0 Å². The van der Waals surface area contributed by atoms with E-state index >= 15 is 0 Å². The lowest BCUT2D eigenvalue weighted by molar-refractivity contribution is -0.113. The number of Topliss-reactive ketones (excluding diaryl/α,β-unsaturated/α-hetero) is 1. The molecule has 2 aromatic rings. The number of hydrogen-bond donors (Lipinski definition) is 0. The SMILES string of the molecule is CCN1C/C(=C\c2cc(C)c(C)c(OC)c2)C(=O)/C(=C/c2cc(OC)c(OC)c(OC)c2)C1. The van der Waals surface area contributed by atoms with E-state index in [-0.39, 0.29) is 5.78 Å². The lowest BCUT2D eigenvalue weighted by Gasteiger charge is -2.28. The van der Waals surface area contributed by atoms with Crippen molar-refractivity contribution in [3.63, 3.8) is 0 Å². The van der Waals surface area contributed by atoms with E-state index < -0.39 is 0 Å². The van der Waals surface area contributed by atoms with Crippen molar-refractivity contribution >= 4 is 17.9 Å². The molecule has 0 amide bonds. The number of ketones is 1. The molecular weight excluding hydrogens is 418 g/mol. The van der Waals surface area contributed by atoms with Crippen LogP contribution in [0, 0.1) is 13.8 Å². The third-order valence-corrected chi connectivity index (χ3v) is 6.05. The first-order chi connectivity index (χ1) is 15.8. The van der Waals surface area contributed by atoms with Gasteiger partial charge in [0.15, 0.2) is 17.3 Å². The second kappa shape index (κ2) is 10.6. The number of aryl methyl sites for hydroxylation is 1. The van der Waals surface area contributed by atoms with Crippen molar-refractivity contribution in [2.75, 3.05) is 48.1 Å². The minimum Gasteiger partial charge on any atom is -0.496 e. The van der Waals surface area contributed by atoms with Gasteiger partial charge < -0.3 is 18.9 Å². The highest BCUT2D eigenvalue weighted by molar-refractivity contribution is 6.14. The van der Waals surface area contributed by atoms with E-state index in [1.807, 2.05) is 37.3 Å². The Morgan fingerprint density at radius 1 is 0.788 bits per heavy atom. The second-order valence-electron chi connectivity index (χ2n) is 8.10. The zero-order valence-electron chi connectivity index (χ0n) is 20.6. The van der Waals surface area contributed by atoms with Crippen LogP contribution in [0.5, 0.6) is 23.0 Å². The summed E-state index contributed by atoms with van der Waals surface area (Å²) in [7, 11) is 6.40. The summed E-state index contributed by atoms with van der Waals surface area (Å²) in [6.45, 7) is 8.22. The van der Waals surface area contributed by atoms with Gasteiger partial charge in [0, 0.05) is 24.2 Å². The Morgan fingerprint density at radius 2 is 1.27 bits per heavy atom. The molecule has 0 saturated carbocycles. The van der Waals surface area contributed by atoms with E-state index in [4.69, 9.17) is 18.9 Å². The van der Waals surface area contributed by atoms with E-state index in [0.717, 1.165) is 45.7 Å². The zero-order valence-corrected chi connectivity index (χ0v) is 20.6. The molecule has 0 spiro atoms. The fraction of sp³-hybridized carbons (Fsp3) is 0.370. The molecule has 6 nitrogen and oxygen atoms in total. The van der Waals surface area contributed by atoms with Gasteiger partial charge in [-0.15, -0.1) is 0 Å². The van der Waals surface area contributed by atoms with Gasteiger partial charge in [-0.25, -0.2) is 0 Å². The van der Waals surface area contributed by atoms with Crippen molar-refractivity contribution in [1.82, 2.24) is 4.90 Å². The standard InChI is InChI=1S/C27H33NO5/c1-8-28-15-21(10-19-9-17(2)18(3)23(12-19)30-4)26(29)22(16-28)11-20-13-24(31-5)27(33-7)25(14-20)32-6/h9-14H,8,15-16H2,1-7H3/b21-10+,22-11+. The van der Waals surface area contributed by atoms with Gasteiger partial charge in [0.2, 0.25) is 5.75 Å². The van der Waals surface area contributed by atoms with Crippen LogP contribution in [0.4, 0.5) is 0 Å². The highest BCUT2D eigenvalue weighted by Gasteiger charge is 2.26. The Labute approximate surface area is 196 Å². The van der Waals surface area contributed by atoms with Crippen LogP contribution >= 0.6 is 0 Å². The molecule has 0 aliphatic carbocycles. The topological polar surface area (TPSA) is 57.2 Å². The Bertz CT molecular complexity index is 1070. The predicted molar refractivity (Wildman–Crippen MR) is 132 cm³/mol. The first-order valence-electron chi connectivity index (χ1n) is 11.0. The molecule has 0 aromatic heterocycles. The average molecular weight is 452 g/mol. The summed E-state index contributed by atoms with van der Waals surface area (Å²) in [5.74, 6) is 2.50. The highest BCUT2D eigenvalue weighted by atomic mass is 16.5. The number of hydrogen-bond acceptors (Lipinski definition) is 6. The van der Waals surface area contributed by atoms with E-state index in [2.05, 4.69) is 24.8 Å². The molecule has 0 unspecified atom stereocenters. The normalized spacial score (nSPS) is 16.9. The van der Waals surface area contributed by atoms with Crippen molar-refractivity contribution < 1.29 is 23.7 Å². The van der Waals surface area contributed by atoms with Crippen LogP contribution in [-0.4, -0.2) is 58.8 Å². The average Bonchev–Trinajstić information content (AvgIpc) is 2.82. The highest BCUT2D eigenvalue weighted by Crippen LogP contribution is 2.39. The first kappa shape index (κ1) is 24.4. The summed E-state index contributed by atoms with van der Waals surface area (Å²) in [5.41, 5.74) is 5.49. The molecule has 1 aliphatic rings. The maximum absolute atomic E-state index is 13.5. The van der Waals surface area contributed by atoms with Crippen LogP contribution in [-0.2, 0) is 4.79 Å². The fourth-order valence-electron chi connectivity index (χ4n) is 4.07. The Hall–Kier alpha value is -3.25. The van der Waals surface area contributed by atoms with E-state index in [9.17, 15) is 4.79 Å². The third-order valence-electron chi connectivity index (χ3n) is 6.05. The molecule has 1 heterocycles. The van der Waals surface area contributed by atoms with Crippen molar-refractivity contribution in [3.05, 3.63) is 57.7 Å². The number of ether oxygens (including phenoxy) is 4. The molecule has 0 N–H and O–H groups in total. The minimum absolute atomic E-state index is 0.0469. The molecule has 1 aliphatic heterocycles. The molecule has 33 heavy (non-hydrogen) atoms. The molecule has 1 fully saturated rings. The number of likely N-dealkylation sites (tertiary alicyclic amines) is 1. The van der Waals surface area contributed by atoms with Crippen molar-refractivity contribution in [2.24, 2.45) is 0 Å². The number of rotatable bonds is 7. The molecular formula is C27H33NO5. The Morgan fingerprint density at radius 3 is 1.73 bits per heavy atom. The molecule has 0 atom stereocenters. The fourth-order valence-corrected chi connectivity index (χ4v) is 4.07. The summed E-state index contributed by atoms with van der Waals surface area (Å²) >= 11 is 0. The van der Waals surface area contributed by atoms with Gasteiger partial charge in [-0.3, -0.25) is 9.69 Å². The quantitative estimate of drug-likeness (QED) is 0.569. The van der Waals surface area contributed by atoms with Gasteiger partial charge in [0.05, 0.1) is 28.4 Å². The lowest BCUT2D eigenvalue weighted by atomic mass is 9.93. The van der Waals surface area contributed by atoms with Gasteiger partial charge >= 0.3 is 0 Å². The molecule has 3 rings (SSSR count). The van der Waals surface area contributed by atoms with E-state index in [0.29, 0.717) is 30.3 Å². The summed E-state index contributed by atoms with van der Waals surface area (Å²) in [5, 5.41) is 0. The Balaban J connectivity index is 2.04. The number of likely N-dealkylation sites (N-methyl/N-ethyl adjacent to an activating group) is 1. The summed E-state index contributed by atoms with van der Waals surface area (Å²) in [4.78, 5) is 15.7. The Kier molecular flexibility index (Phi) is 7.82. The van der Waals surface area contributed by atoms with Gasteiger partial charge in [-0.2, -0.15) is 0 Å². The van der Waals surface area contributed by atoms with Crippen LogP contribution in [0.1, 0.15) is 29.2 Å². The smallest absolute Gasteiger partial charge is 0.203 e. The number of methoxy groups -OCH3 is 4. The minimum atomic E-state index is 0.0469. The number of nitrogens with zero attached hydrogens (tertiary/aromatic N) is 1. The van der Waals surface area contributed by atoms with Crippen molar-refractivity contribution in [3.8, 4) is 23.0 Å². The molecule has 176 valence electrons. The van der Waals surface area contributed by atoms with Crippen LogP contribution < -0.4 is 18.9 Å². The van der Waals surface area contributed by atoms with Gasteiger partial charge in [-0.1, -0.05) is 13.0 Å². The molecule has 0 bridgehead atoms. The zero-order chi connectivity index (χ0) is 24.1. The summed E-state index contributed by atoms with van der Waals surface area (Å²) < 4.78 is 21.9. The van der Waals surface area contributed by atoms with E-state index in [1.54, 1.807) is 28.4 Å². The van der Waals surface area contributed by atoms with Crippen LogP contribution in [0.2, 0.25) is 0 Å². The van der Waals surface area contributed by atoms with Crippen LogP contribution in [0.15, 0.2) is 35.4 Å². The number of carbonyl (C=O) groups excluding carboxylic acids is 1. The summed E-state index contributed by atoms with van der Waals surface area (Å²) in [6, 6.07) is 7.77. The van der Waals surface area contributed by atoms with E-state index in [1.165, 1.54) is 0 Å². The largest absolute Gasteiger partial charge is 0.496 e. The molecule has 1 saturated heterocycles. The summed E-state index contributed by atoms with van der Waals surface area (Å²) in [6.07, 6.45) is 3.88. The predicted octanol–water partition coefficient (Wildman–Crippen LogP) is 4.71. The monoisotopic (exact) mass is 451 g/mol. The van der Waals surface area contributed by atoms with Crippen molar-refractivity contribution in [2.45, 2.75) is 20.8 Å². The lowest BCUT2D eigenvalue weighted by Crippen LogP contribution is -2.37. The van der Waals surface area contributed by atoms with Crippen LogP contribution in [0.3, 0.4) is 0 Å². The number of carbonyl (C=O) groups is 1. The van der Waals surface area contributed by atoms with Gasteiger partial charge in [0.1, 0.15) is 5.75 Å². The third kappa shape index (κ3) is 5.22. The molecule has 6 heteroatoms. The van der Waals surface area contributed by atoms with Gasteiger partial charge in [0.25, 0.3) is 0 Å². The molecule has 2 aromatic carbocycles.